The second kappa shape index (κ2) is 7.51. The standard InChI is InChI=1S/C19H14ClNO6/c1-10-4-2-3-5-13(10)17(24)26-19-15(14(20)18(25)27-19)21-12-8-6-11(7-9-12)16(22)23/h2-9,14,21H,1H3,(H,22,23). The minimum atomic E-state index is -1.19. The van der Waals surface area contributed by atoms with Gasteiger partial charge in [-0.1, -0.05) is 18.2 Å². The smallest absolute Gasteiger partial charge is 0.346 e. The summed E-state index contributed by atoms with van der Waals surface area (Å²) < 4.78 is 10.2. The molecule has 2 aromatic carbocycles. The van der Waals surface area contributed by atoms with Crippen LogP contribution in [0.2, 0.25) is 0 Å². The van der Waals surface area contributed by atoms with Crippen molar-refractivity contribution in [1.29, 1.82) is 0 Å². The van der Waals surface area contributed by atoms with E-state index in [0.717, 1.165) is 0 Å². The summed E-state index contributed by atoms with van der Waals surface area (Å²) in [6, 6.07) is 12.5. The maximum absolute atomic E-state index is 12.4. The molecule has 7 nitrogen and oxygen atoms in total. The summed E-state index contributed by atoms with van der Waals surface area (Å²) in [7, 11) is 0. The van der Waals surface area contributed by atoms with Gasteiger partial charge in [-0.3, -0.25) is 0 Å². The number of aromatic carboxylic acids is 1. The molecule has 1 aliphatic rings. The molecule has 0 aliphatic carbocycles. The molecule has 0 fully saturated rings. The Balaban J connectivity index is 1.85. The number of benzene rings is 2. The van der Waals surface area contributed by atoms with Gasteiger partial charge in [0.1, 0.15) is 5.70 Å². The largest absolute Gasteiger partial charge is 0.478 e. The predicted molar refractivity (Wildman–Crippen MR) is 96.4 cm³/mol. The topological polar surface area (TPSA) is 102 Å². The highest BCUT2D eigenvalue weighted by Gasteiger charge is 2.37. The number of ether oxygens (including phenoxy) is 2. The van der Waals surface area contributed by atoms with Crippen LogP contribution in [-0.4, -0.2) is 28.4 Å². The second-order valence-corrected chi connectivity index (χ2v) is 6.13. The number of carbonyl (C=O) groups is 3. The van der Waals surface area contributed by atoms with E-state index < -0.39 is 23.3 Å². The molecule has 1 heterocycles. The van der Waals surface area contributed by atoms with E-state index in [9.17, 15) is 14.4 Å². The molecular weight excluding hydrogens is 374 g/mol. The lowest BCUT2D eigenvalue weighted by molar-refractivity contribution is -0.139. The molecule has 2 aromatic rings. The Bertz CT molecular complexity index is 951. The zero-order valence-corrected chi connectivity index (χ0v) is 14.8. The Labute approximate surface area is 159 Å². The van der Waals surface area contributed by atoms with Crippen LogP contribution in [0.3, 0.4) is 0 Å². The summed E-state index contributed by atoms with van der Waals surface area (Å²) >= 11 is 6.04. The molecule has 0 amide bonds. The summed E-state index contributed by atoms with van der Waals surface area (Å²) in [5.74, 6) is -2.88. The summed E-state index contributed by atoms with van der Waals surface area (Å²) in [5.41, 5.74) is 1.63. The van der Waals surface area contributed by atoms with Gasteiger partial charge in [-0.15, -0.1) is 11.6 Å². The number of hydrogen-bond donors (Lipinski definition) is 2. The Morgan fingerprint density at radius 3 is 2.44 bits per heavy atom. The van der Waals surface area contributed by atoms with Gasteiger partial charge in [0.15, 0.2) is 5.38 Å². The Morgan fingerprint density at radius 2 is 1.81 bits per heavy atom. The van der Waals surface area contributed by atoms with Gasteiger partial charge in [-0.05, 0) is 42.8 Å². The van der Waals surface area contributed by atoms with Crippen LogP contribution in [0.25, 0.3) is 0 Å². The number of esters is 2. The number of carboxylic acids is 1. The zero-order valence-electron chi connectivity index (χ0n) is 14.1. The number of rotatable bonds is 5. The SMILES string of the molecule is Cc1ccccc1C(=O)OC1=C(Nc2ccc(C(=O)O)cc2)C(Cl)C(=O)O1. The molecule has 27 heavy (non-hydrogen) atoms. The Morgan fingerprint density at radius 1 is 1.15 bits per heavy atom. The summed E-state index contributed by atoms with van der Waals surface area (Å²) in [4.78, 5) is 35.1. The lowest BCUT2D eigenvalue weighted by Gasteiger charge is -2.10. The number of carboxylic acid groups (broad SMARTS) is 1. The molecule has 1 aliphatic heterocycles. The zero-order chi connectivity index (χ0) is 19.6. The molecular formula is C19H14ClNO6. The maximum Gasteiger partial charge on any atom is 0.346 e. The Kier molecular flexibility index (Phi) is 5.14. The van der Waals surface area contributed by atoms with E-state index in [1.54, 1.807) is 31.2 Å². The summed E-state index contributed by atoms with van der Waals surface area (Å²) in [6.45, 7) is 1.75. The van der Waals surface area contributed by atoms with Crippen molar-refractivity contribution in [3.63, 3.8) is 0 Å². The highest BCUT2D eigenvalue weighted by molar-refractivity contribution is 6.33. The maximum atomic E-state index is 12.4. The van der Waals surface area contributed by atoms with Crippen LogP contribution < -0.4 is 5.32 Å². The fourth-order valence-corrected chi connectivity index (χ4v) is 2.59. The van der Waals surface area contributed by atoms with E-state index in [1.165, 1.54) is 24.3 Å². The van der Waals surface area contributed by atoms with E-state index in [2.05, 4.69) is 5.32 Å². The predicted octanol–water partition coefficient (Wildman–Crippen LogP) is 3.30. The average Bonchev–Trinajstić information content (AvgIpc) is 2.90. The molecule has 0 radical (unpaired) electrons. The van der Waals surface area contributed by atoms with Gasteiger partial charge in [-0.2, -0.15) is 0 Å². The molecule has 0 saturated heterocycles. The number of cyclic esters (lactones) is 1. The minimum absolute atomic E-state index is 0.0617. The van der Waals surface area contributed by atoms with Crippen molar-refractivity contribution in [2.45, 2.75) is 12.3 Å². The summed E-state index contributed by atoms with van der Waals surface area (Å²) in [5, 5.41) is 10.6. The number of carbonyl (C=O) groups excluding carboxylic acids is 2. The average molecular weight is 388 g/mol. The lowest BCUT2D eigenvalue weighted by atomic mass is 10.1. The van der Waals surface area contributed by atoms with Gasteiger partial charge in [-0.25, -0.2) is 14.4 Å². The molecule has 1 atom stereocenters. The first-order chi connectivity index (χ1) is 12.9. The Hall–Kier alpha value is -3.32. The molecule has 8 heteroatoms. The van der Waals surface area contributed by atoms with E-state index in [4.69, 9.17) is 26.2 Å². The van der Waals surface area contributed by atoms with E-state index in [0.29, 0.717) is 16.8 Å². The van der Waals surface area contributed by atoms with Gasteiger partial charge < -0.3 is 19.9 Å². The first-order valence-corrected chi connectivity index (χ1v) is 8.28. The quantitative estimate of drug-likeness (QED) is 0.599. The molecule has 0 spiro atoms. The number of aryl methyl sites for hydroxylation is 1. The highest BCUT2D eigenvalue weighted by atomic mass is 35.5. The highest BCUT2D eigenvalue weighted by Crippen LogP contribution is 2.29. The van der Waals surface area contributed by atoms with Crippen LogP contribution in [0.15, 0.2) is 60.2 Å². The normalized spacial score (nSPS) is 16.1. The molecule has 0 saturated carbocycles. The third-order valence-electron chi connectivity index (χ3n) is 3.83. The molecule has 3 rings (SSSR count). The van der Waals surface area contributed by atoms with Crippen molar-refractivity contribution < 1.29 is 29.0 Å². The van der Waals surface area contributed by atoms with Gasteiger partial charge in [0.05, 0.1) is 11.1 Å². The number of anilines is 1. The second-order valence-electron chi connectivity index (χ2n) is 5.70. The molecule has 138 valence electrons. The van der Waals surface area contributed by atoms with Crippen molar-refractivity contribution in [2.24, 2.45) is 0 Å². The van der Waals surface area contributed by atoms with Crippen molar-refractivity contribution in [3.05, 3.63) is 76.9 Å². The van der Waals surface area contributed by atoms with E-state index in [-0.39, 0.29) is 17.2 Å². The van der Waals surface area contributed by atoms with Crippen LogP contribution in [0.1, 0.15) is 26.3 Å². The molecule has 2 N–H and O–H groups in total. The van der Waals surface area contributed by atoms with Crippen molar-refractivity contribution in [3.8, 4) is 0 Å². The fraction of sp³-hybridized carbons (Fsp3) is 0.105. The van der Waals surface area contributed by atoms with Gasteiger partial charge in [0, 0.05) is 5.69 Å². The van der Waals surface area contributed by atoms with Crippen molar-refractivity contribution >= 4 is 35.2 Å². The number of halogens is 1. The minimum Gasteiger partial charge on any atom is -0.478 e. The van der Waals surface area contributed by atoms with Crippen LogP contribution in [0, 0.1) is 6.92 Å². The molecule has 1 unspecified atom stereocenters. The van der Waals surface area contributed by atoms with Crippen LogP contribution in [0.5, 0.6) is 0 Å². The number of nitrogens with one attached hydrogen (secondary N) is 1. The number of hydrogen-bond acceptors (Lipinski definition) is 6. The van der Waals surface area contributed by atoms with Crippen LogP contribution >= 0.6 is 11.6 Å². The third kappa shape index (κ3) is 3.93. The number of alkyl halides is 1. The van der Waals surface area contributed by atoms with Gasteiger partial charge >= 0.3 is 23.9 Å². The van der Waals surface area contributed by atoms with Crippen LogP contribution in [-0.2, 0) is 14.3 Å². The van der Waals surface area contributed by atoms with Crippen molar-refractivity contribution in [1.82, 2.24) is 0 Å². The molecule has 0 bridgehead atoms. The summed E-state index contributed by atoms with van der Waals surface area (Å²) in [6.07, 6.45) is 0. The molecule has 0 aromatic heterocycles. The van der Waals surface area contributed by atoms with Gasteiger partial charge in [0.25, 0.3) is 0 Å². The van der Waals surface area contributed by atoms with Crippen LogP contribution in [0.4, 0.5) is 5.69 Å². The monoisotopic (exact) mass is 387 g/mol. The van der Waals surface area contributed by atoms with Crippen molar-refractivity contribution in [2.75, 3.05) is 5.32 Å². The van der Waals surface area contributed by atoms with E-state index >= 15 is 0 Å². The first kappa shape index (κ1) is 18.5. The van der Waals surface area contributed by atoms with E-state index in [1.807, 2.05) is 0 Å². The first-order valence-electron chi connectivity index (χ1n) is 7.85. The lowest BCUT2D eigenvalue weighted by Crippen LogP contribution is -2.16. The third-order valence-corrected chi connectivity index (χ3v) is 4.23. The van der Waals surface area contributed by atoms with Gasteiger partial charge in [0.2, 0.25) is 0 Å². The fourth-order valence-electron chi connectivity index (χ4n) is 2.40.